The minimum atomic E-state index is -0.540. The van der Waals surface area contributed by atoms with Crippen molar-refractivity contribution in [2.24, 2.45) is 0 Å². The summed E-state index contributed by atoms with van der Waals surface area (Å²) in [4.78, 5) is 35.6. The topological polar surface area (TPSA) is 132 Å². The molecule has 0 spiro atoms. The van der Waals surface area contributed by atoms with Crippen LogP contribution in [0.1, 0.15) is 31.7 Å². The van der Waals surface area contributed by atoms with E-state index in [0.717, 1.165) is 5.56 Å². The molecule has 0 aliphatic heterocycles. The van der Waals surface area contributed by atoms with Crippen molar-refractivity contribution in [1.29, 1.82) is 0 Å². The molecular formula is C23H25ClN6O4S. The van der Waals surface area contributed by atoms with Crippen LogP contribution in [-0.4, -0.2) is 36.8 Å². The molecule has 0 aliphatic rings. The fraction of sp³-hybridized carbons (Fsp3) is 0.304. The summed E-state index contributed by atoms with van der Waals surface area (Å²) in [6.45, 7) is 5.98. The van der Waals surface area contributed by atoms with Crippen LogP contribution >= 0.6 is 23.4 Å². The Hall–Kier alpha value is -3.44. The second-order valence-corrected chi connectivity index (χ2v) is 9.45. The third kappa shape index (κ3) is 7.03. The van der Waals surface area contributed by atoms with E-state index in [4.69, 9.17) is 11.6 Å². The molecule has 1 heterocycles. The molecule has 2 N–H and O–H groups in total. The molecule has 3 aromatic rings. The van der Waals surface area contributed by atoms with Crippen LogP contribution in [0.25, 0.3) is 0 Å². The zero-order valence-electron chi connectivity index (χ0n) is 19.4. The number of hydrogen-bond acceptors (Lipinski definition) is 7. The van der Waals surface area contributed by atoms with E-state index in [-0.39, 0.29) is 23.9 Å². The average molecular weight is 517 g/mol. The molecule has 0 saturated heterocycles. The Bertz CT molecular complexity index is 1250. The van der Waals surface area contributed by atoms with Gasteiger partial charge in [-0.3, -0.25) is 19.7 Å². The Morgan fingerprint density at radius 1 is 1.20 bits per heavy atom. The third-order valence-corrected chi connectivity index (χ3v) is 6.45. The first-order valence-corrected chi connectivity index (χ1v) is 12.1. The monoisotopic (exact) mass is 516 g/mol. The number of thioether (sulfide) groups is 1. The van der Waals surface area contributed by atoms with Gasteiger partial charge in [0.1, 0.15) is 5.82 Å². The average Bonchev–Trinajstić information content (AvgIpc) is 3.20. The number of amides is 2. The zero-order chi connectivity index (χ0) is 25.5. The van der Waals surface area contributed by atoms with Crippen molar-refractivity contribution in [1.82, 2.24) is 14.8 Å². The number of aryl methyl sites for hydroxylation is 2. The number of hydrogen-bond donors (Lipinski definition) is 2. The number of nitrogens with one attached hydrogen (secondary N) is 2. The molecule has 2 aromatic carbocycles. The number of aromatic nitrogens is 3. The number of carbonyl (C=O) groups is 2. The second-order valence-electron chi connectivity index (χ2n) is 7.71. The van der Waals surface area contributed by atoms with Crippen molar-refractivity contribution in [2.45, 2.75) is 50.6 Å². The van der Waals surface area contributed by atoms with Crippen LogP contribution < -0.4 is 10.6 Å². The molecule has 35 heavy (non-hydrogen) atoms. The van der Waals surface area contributed by atoms with E-state index in [1.54, 1.807) is 44.2 Å². The molecule has 2 amide bonds. The summed E-state index contributed by atoms with van der Waals surface area (Å²) in [6, 6.07) is 11.2. The lowest BCUT2D eigenvalue weighted by atomic mass is 10.2. The van der Waals surface area contributed by atoms with Crippen LogP contribution in [0.2, 0.25) is 5.02 Å². The van der Waals surface area contributed by atoms with Gasteiger partial charge in [-0.15, -0.1) is 10.2 Å². The first-order valence-electron chi connectivity index (χ1n) is 10.9. The Morgan fingerprint density at radius 2 is 1.97 bits per heavy atom. The SMILES string of the molecule is CCn1c(CCC(=O)Nc2cccc(Cl)c2)nnc1SC(C)C(=O)Nc1cc([N+](=O)[O-])ccc1C. The number of non-ortho nitro benzene ring substituents is 1. The molecular weight excluding hydrogens is 492 g/mol. The number of nitro groups is 1. The highest BCUT2D eigenvalue weighted by atomic mass is 35.5. The number of nitrogens with zero attached hydrogens (tertiary/aromatic N) is 4. The molecule has 0 fully saturated rings. The molecule has 10 nitrogen and oxygen atoms in total. The van der Waals surface area contributed by atoms with Crippen molar-refractivity contribution in [3.05, 3.63) is 69.0 Å². The molecule has 1 unspecified atom stereocenters. The van der Waals surface area contributed by atoms with Crippen LogP contribution in [-0.2, 0) is 22.6 Å². The summed E-state index contributed by atoms with van der Waals surface area (Å²) < 4.78 is 1.86. The molecule has 0 bridgehead atoms. The lowest BCUT2D eigenvalue weighted by Gasteiger charge is -2.14. The van der Waals surface area contributed by atoms with Crippen LogP contribution in [0.15, 0.2) is 47.6 Å². The highest BCUT2D eigenvalue weighted by Gasteiger charge is 2.21. The van der Waals surface area contributed by atoms with Gasteiger partial charge in [0.25, 0.3) is 5.69 Å². The van der Waals surface area contributed by atoms with Crippen molar-refractivity contribution in [3.63, 3.8) is 0 Å². The normalized spacial score (nSPS) is 11.7. The van der Waals surface area contributed by atoms with Gasteiger partial charge in [-0.05, 0) is 44.5 Å². The van der Waals surface area contributed by atoms with E-state index in [0.29, 0.717) is 40.3 Å². The molecule has 0 saturated carbocycles. The maximum absolute atomic E-state index is 12.7. The summed E-state index contributed by atoms with van der Waals surface area (Å²) in [5.41, 5.74) is 1.63. The molecule has 3 rings (SSSR count). The lowest BCUT2D eigenvalue weighted by molar-refractivity contribution is -0.384. The van der Waals surface area contributed by atoms with Crippen LogP contribution in [0.4, 0.5) is 17.1 Å². The molecule has 12 heteroatoms. The number of benzene rings is 2. The Labute approximate surface area is 211 Å². The van der Waals surface area contributed by atoms with Crippen LogP contribution in [0, 0.1) is 17.0 Å². The van der Waals surface area contributed by atoms with Gasteiger partial charge >= 0.3 is 0 Å². The first-order chi connectivity index (χ1) is 16.7. The van der Waals surface area contributed by atoms with E-state index < -0.39 is 10.2 Å². The Morgan fingerprint density at radius 3 is 2.66 bits per heavy atom. The van der Waals surface area contributed by atoms with Gasteiger partial charge in [0.15, 0.2) is 5.16 Å². The molecule has 1 atom stereocenters. The largest absolute Gasteiger partial charge is 0.326 e. The Balaban J connectivity index is 1.61. The van der Waals surface area contributed by atoms with E-state index >= 15 is 0 Å². The van der Waals surface area contributed by atoms with E-state index in [2.05, 4.69) is 20.8 Å². The summed E-state index contributed by atoms with van der Waals surface area (Å²) >= 11 is 7.17. The number of carbonyl (C=O) groups excluding carboxylic acids is 2. The smallest absolute Gasteiger partial charge is 0.271 e. The summed E-state index contributed by atoms with van der Waals surface area (Å²) in [6.07, 6.45) is 0.582. The summed E-state index contributed by atoms with van der Waals surface area (Å²) in [5, 5.41) is 25.6. The fourth-order valence-corrected chi connectivity index (χ4v) is 4.35. The molecule has 1 aromatic heterocycles. The van der Waals surface area contributed by atoms with E-state index in [1.165, 1.54) is 23.9 Å². The maximum atomic E-state index is 12.7. The number of rotatable bonds is 10. The number of nitro benzene ring substituents is 1. The van der Waals surface area contributed by atoms with E-state index in [1.807, 2.05) is 11.5 Å². The van der Waals surface area contributed by atoms with E-state index in [9.17, 15) is 19.7 Å². The predicted molar refractivity (Wildman–Crippen MR) is 136 cm³/mol. The molecule has 0 aliphatic carbocycles. The predicted octanol–water partition coefficient (Wildman–Crippen LogP) is 4.86. The number of halogens is 1. The maximum Gasteiger partial charge on any atom is 0.271 e. The van der Waals surface area contributed by atoms with Gasteiger partial charge in [0.2, 0.25) is 11.8 Å². The summed E-state index contributed by atoms with van der Waals surface area (Å²) in [5.74, 6) is 0.150. The zero-order valence-corrected chi connectivity index (χ0v) is 21.0. The van der Waals surface area contributed by atoms with Gasteiger partial charge in [-0.1, -0.05) is 35.5 Å². The van der Waals surface area contributed by atoms with Gasteiger partial charge < -0.3 is 15.2 Å². The van der Waals surface area contributed by atoms with Crippen LogP contribution in [0.3, 0.4) is 0 Å². The number of anilines is 2. The molecule has 0 radical (unpaired) electrons. The standard InChI is InChI=1S/C23H25ClN6O4S/c1-4-29-20(10-11-21(31)25-17-7-5-6-16(24)12-17)27-28-23(29)35-15(3)22(32)26-19-13-18(30(33)34)9-8-14(19)2/h5-9,12-13,15H,4,10-11H2,1-3H3,(H,25,31)(H,26,32). The highest BCUT2D eigenvalue weighted by molar-refractivity contribution is 8.00. The quantitative estimate of drug-likeness (QED) is 0.223. The highest BCUT2D eigenvalue weighted by Crippen LogP contribution is 2.26. The second kappa shape index (κ2) is 11.8. The van der Waals surface area contributed by atoms with Crippen molar-refractivity contribution in [3.8, 4) is 0 Å². The third-order valence-electron chi connectivity index (χ3n) is 5.13. The van der Waals surface area contributed by atoms with Crippen molar-refractivity contribution >= 4 is 52.2 Å². The first kappa shape index (κ1) is 26.2. The van der Waals surface area contributed by atoms with Gasteiger partial charge in [0, 0.05) is 42.2 Å². The Kier molecular flexibility index (Phi) is 8.83. The van der Waals surface area contributed by atoms with Crippen molar-refractivity contribution in [2.75, 3.05) is 10.6 Å². The summed E-state index contributed by atoms with van der Waals surface area (Å²) in [7, 11) is 0. The van der Waals surface area contributed by atoms with Crippen molar-refractivity contribution < 1.29 is 14.5 Å². The lowest BCUT2D eigenvalue weighted by Crippen LogP contribution is -2.23. The van der Waals surface area contributed by atoms with Gasteiger partial charge in [0.05, 0.1) is 15.9 Å². The van der Waals surface area contributed by atoms with Gasteiger partial charge in [-0.25, -0.2) is 0 Å². The minimum Gasteiger partial charge on any atom is -0.326 e. The minimum absolute atomic E-state index is 0.0963. The fourth-order valence-electron chi connectivity index (χ4n) is 3.23. The van der Waals surface area contributed by atoms with Gasteiger partial charge in [-0.2, -0.15) is 0 Å². The molecule has 184 valence electrons. The van der Waals surface area contributed by atoms with Crippen LogP contribution in [0.5, 0.6) is 0 Å².